The van der Waals surface area contributed by atoms with Crippen LogP contribution in [0.5, 0.6) is 5.75 Å². The van der Waals surface area contributed by atoms with Gasteiger partial charge in [0.15, 0.2) is 0 Å². The van der Waals surface area contributed by atoms with Crippen LogP contribution in [0.2, 0.25) is 5.02 Å². The number of sulfone groups is 1. The molecule has 0 aliphatic carbocycles. The number of benzene rings is 1. The van der Waals surface area contributed by atoms with E-state index in [1.54, 1.807) is 0 Å². The van der Waals surface area contributed by atoms with Gasteiger partial charge in [-0.25, -0.2) is 13.2 Å². The Bertz CT molecular complexity index is 509. The van der Waals surface area contributed by atoms with Crippen LogP contribution in [0.25, 0.3) is 0 Å². The lowest BCUT2D eigenvalue weighted by Gasteiger charge is -2.07. The van der Waals surface area contributed by atoms with Crippen molar-refractivity contribution in [2.75, 3.05) is 14.2 Å². The second-order valence-corrected chi connectivity index (χ2v) is 4.97. The van der Waals surface area contributed by atoms with E-state index in [2.05, 4.69) is 4.74 Å². The molecule has 0 aromatic heterocycles. The summed E-state index contributed by atoms with van der Waals surface area (Å²) in [6, 6.07) is 3.95. The first-order chi connectivity index (χ1) is 7.43. The Morgan fingerprint density at radius 1 is 1.31 bits per heavy atom. The molecule has 88 valence electrons. The Kier molecular flexibility index (Phi) is 3.77. The van der Waals surface area contributed by atoms with Gasteiger partial charge in [0.2, 0.25) is 0 Å². The van der Waals surface area contributed by atoms with Gasteiger partial charge in [-0.3, -0.25) is 0 Å². The van der Waals surface area contributed by atoms with Crippen molar-refractivity contribution in [2.45, 2.75) is 4.90 Å². The lowest BCUT2D eigenvalue weighted by molar-refractivity contribution is 0.197. The van der Waals surface area contributed by atoms with E-state index in [-0.39, 0.29) is 15.7 Å². The molecule has 1 rings (SSSR count). The van der Waals surface area contributed by atoms with Gasteiger partial charge in [-0.1, -0.05) is 11.6 Å². The lowest BCUT2D eigenvalue weighted by atomic mass is 10.3. The van der Waals surface area contributed by atoms with Crippen molar-refractivity contribution in [3.05, 3.63) is 23.2 Å². The Balaban J connectivity index is 3.43. The minimum Gasteiger partial charge on any atom is -0.495 e. The molecule has 0 atom stereocenters. The highest BCUT2D eigenvalue weighted by atomic mass is 35.5. The summed E-state index contributed by atoms with van der Waals surface area (Å²) in [6.07, 6.45) is 0. The molecule has 5 nitrogen and oxygen atoms in total. The van der Waals surface area contributed by atoms with E-state index >= 15 is 0 Å². The Morgan fingerprint density at radius 3 is 2.44 bits per heavy atom. The molecule has 7 heteroatoms. The van der Waals surface area contributed by atoms with Crippen LogP contribution < -0.4 is 4.74 Å². The van der Waals surface area contributed by atoms with Crippen molar-refractivity contribution < 1.29 is 22.7 Å². The summed E-state index contributed by atoms with van der Waals surface area (Å²) < 4.78 is 32.4. The first-order valence-corrected chi connectivity index (χ1v) is 5.96. The highest BCUT2D eigenvalue weighted by molar-refractivity contribution is 8.05. The maximum absolute atomic E-state index is 11.7. The molecule has 0 saturated carbocycles. The van der Waals surface area contributed by atoms with Crippen molar-refractivity contribution in [3.8, 4) is 5.75 Å². The van der Waals surface area contributed by atoms with Gasteiger partial charge in [-0.2, -0.15) is 0 Å². The average molecular weight is 265 g/mol. The summed E-state index contributed by atoms with van der Waals surface area (Å²) in [5.74, 6) is 0.0369. The third-order valence-corrected chi connectivity index (χ3v) is 3.54. The molecule has 1 aromatic carbocycles. The number of hydrogen-bond donors (Lipinski definition) is 0. The molecule has 0 unspecified atom stereocenters. The Hall–Kier alpha value is -1.27. The number of hydrogen-bond acceptors (Lipinski definition) is 5. The van der Waals surface area contributed by atoms with E-state index < -0.39 is 15.1 Å². The third-order valence-electron chi connectivity index (χ3n) is 1.80. The predicted molar refractivity (Wildman–Crippen MR) is 57.6 cm³/mol. The molecular formula is C9H9ClO5S. The summed E-state index contributed by atoms with van der Waals surface area (Å²) in [7, 11) is -1.95. The second-order valence-electron chi connectivity index (χ2n) is 2.75. The summed E-state index contributed by atoms with van der Waals surface area (Å²) in [5, 5.41) is -1.17. The van der Waals surface area contributed by atoms with Gasteiger partial charge >= 0.3 is 5.30 Å². The molecule has 0 radical (unpaired) electrons. The Morgan fingerprint density at radius 2 is 1.94 bits per heavy atom. The van der Waals surface area contributed by atoms with Gasteiger partial charge in [0.25, 0.3) is 9.84 Å². The molecule has 0 bridgehead atoms. The molecule has 0 fully saturated rings. The van der Waals surface area contributed by atoms with Gasteiger partial charge in [0.05, 0.1) is 14.2 Å². The van der Waals surface area contributed by atoms with Gasteiger partial charge < -0.3 is 9.47 Å². The van der Waals surface area contributed by atoms with Crippen molar-refractivity contribution in [2.24, 2.45) is 0 Å². The molecule has 0 amide bonds. The maximum atomic E-state index is 11.7. The van der Waals surface area contributed by atoms with Crippen molar-refractivity contribution >= 4 is 26.7 Å². The zero-order valence-electron chi connectivity index (χ0n) is 8.56. The fourth-order valence-electron chi connectivity index (χ4n) is 1.06. The van der Waals surface area contributed by atoms with Gasteiger partial charge in [0, 0.05) is 5.02 Å². The quantitative estimate of drug-likeness (QED) is 0.763. The maximum Gasteiger partial charge on any atom is 0.429 e. The van der Waals surface area contributed by atoms with E-state index in [9.17, 15) is 13.2 Å². The molecule has 0 saturated heterocycles. The summed E-state index contributed by atoms with van der Waals surface area (Å²) >= 11 is 5.66. The van der Waals surface area contributed by atoms with Gasteiger partial charge in [-0.05, 0) is 18.2 Å². The molecule has 0 N–H and O–H groups in total. The SMILES string of the molecule is COC(=O)S(=O)(=O)c1cc(Cl)ccc1OC. The van der Waals surface area contributed by atoms with E-state index in [0.717, 1.165) is 13.2 Å². The molecule has 0 heterocycles. The highest BCUT2D eigenvalue weighted by Crippen LogP contribution is 2.28. The van der Waals surface area contributed by atoms with E-state index in [4.69, 9.17) is 16.3 Å². The lowest BCUT2D eigenvalue weighted by Crippen LogP contribution is -2.15. The van der Waals surface area contributed by atoms with Crippen LogP contribution in [0.3, 0.4) is 0 Å². The van der Waals surface area contributed by atoms with Crippen LogP contribution in [0, 0.1) is 0 Å². The third kappa shape index (κ3) is 2.28. The summed E-state index contributed by atoms with van der Waals surface area (Å²) in [5.41, 5.74) is 0. The summed E-state index contributed by atoms with van der Waals surface area (Å²) in [6.45, 7) is 0. The molecular weight excluding hydrogens is 256 g/mol. The Labute approximate surface area is 97.8 Å². The fourth-order valence-corrected chi connectivity index (χ4v) is 2.39. The topological polar surface area (TPSA) is 69.7 Å². The van der Waals surface area contributed by atoms with Crippen molar-refractivity contribution in [3.63, 3.8) is 0 Å². The van der Waals surface area contributed by atoms with Gasteiger partial charge in [0.1, 0.15) is 10.6 Å². The molecule has 16 heavy (non-hydrogen) atoms. The minimum atomic E-state index is -4.22. The predicted octanol–water partition coefficient (Wildman–Crippen LogP) is 1.89. The van der Waals surface area contributed by atoms with Crippen LogP contribution in [0.15, 0.2) is 23.1 Å². The van der Waals surface area contributed by atoms with Crippen molar-refractivity contribution in [1.29, 1.82) is 0 Å². The fraction of sp³-hybridized carbons (Fsp3) is 0.222. The normalized spacial score (nSPS) is 10.9. The van der Waals surface area contributed by atoms with Crippen LogP contribution >= 0.6 is 11.6 Å². The average Bonchev–Trinajstić information content (AvgIpc) is 2.27. The highest BCUT2D eigenvalue weighted by Gasteiger charge is 2.29. The van der Waals surface area contributed by atoms with Crippen LogP contribution in [0.1, 0.15) is 0 Å². The van der Waals surface area contributed by atoms with E-state index in [1.807, 2.05) is 0 Å². The summed E-state index contributed by atoms with van der Waals surface area (Å²) in [4.78, 5) is 10.8. The first kappa shape index (κ1) is 12.8. The van der Waals surface area contributed by atoms with Gasteiger partial charge in [-0.15, -0.1) is 0 Å². The number of carbonyl (C=O) groups is 1. The minimum absolute atomic E-state index is 0.0369. The number of carbonyl (C=O) groups excluding carboxylic acids is 1. The zero-order valence-corrected chi connectivity index (χ0v) is 10.1. The molecule has 0 aliphatic rings. The molecule has 0 spiro atoms. The van der Waals surface area contributed by atoms with Crippen molar-refractivity contribution in [1.82, 2.24) is 0 Å². The molecule has 1 aromatic rings. The van der Waals surface area contributed by atoms with Crippen LogP contribution in [-0.2, 0) is 14.6 Å². The van der Waals surface area contributed by atoms with E-state index in [1.165, 1.54) is 19.2 Å². The standard InChI is InChI=1S/C9H9ClO5S/c1-14-7-4-3-6(10)5-8(7)16(12,13)9(11)15-2/h3-5H,1-2H3. The number of halogens is 1. The monoisotopic (exact) mass is 264 g/mol. The first-order valence-electron chi connectivity index (χ1n) is 4.10. The number of methoxy groups -OCH3 is 2. The van der Waals surface area contributed by atoms with Crippen LogP contribution in [-0.4, -0.2) is 27.9 Å². The van der Waals surface area contributed by atoms with Crippen LogP contribution in [0.4, 0.5) is 4.79 Å². The zero-order chi connectivity index (χ0) is 12.3. The number of rotatable bonds is 2. The largest absolute Gasteiger partial charge is 0.495 e. The molecule has 0 aliphatic heterocycles. The second kappa shape index (κ2) is 4.71. The van der Waals surface area contributed by atoms with E-state index in [0.29, 0.717) is 0 Å². The number of ether oxygens (including phenoxy) is 2. The smallest absolute Gasteiger partial charge is 0.429 e.